The van der Waals surface area contributed by atoms with E-state index in [9.17, 15) is 4.39 Å². The van der Waals surface area contributed by atoms with Gasteiger partial charge in [0.05, 0.1) is 0 Å². The molecule has 0 aromatic heterocycles. The van der Waals surface area contributed by atoms with Gasteiger partial charge >= 0.3 is 0 Å². The van der Waals surface area contributed by atoms with Gasteiger partial charge in [0.1, 0.15) is 5.82 Å². The minimum absolute atomic E-state index is 0.110. The summed E-state index contributed by atoms with van der Waals surface area (Å²) >= 11 is 0. The molecule has 1 heterocycles. The van der Waals surface area contributed by atoms with Gasteiger partial charge in [-0.15, -0.1) is 0 Å². The third kappa shape index (κ3) is 1.60. The van der Waals surface area contributed by atoms with E-state index < -0.39 is 0 Å². The van der Waals surface area contributed by atoms with E-state index in [1.807, 2.05) is 13.0 Å². The predicted molar refractivity (Wildman–Crippen MR) is 55.8 cm³/mol. The molecular weight excluding hydrogens is 179 g/mol. The average Bonchev–Trinajstić information content (AvgIpc) is 2.04. The number of nitrogens with zero attached hydrogens (tertiary/aromatic N) is 1. The number of anilines is 1. The monoisotopic (exact) mass is 194 g/mol. The molecule has 1 fully saturated rings. The van der Waals surface area contributed by atoms with E-state index in [0.717, 1.165) is 24.3 Å². The first-order chi connectivity index (χ1) is 6.68. The number of halogens is 1. The maximum atomic E-state index is 13.0. The third-order valence-electron chi connectivity index (χ3n) is 2.68. The van der Waals surface area contributed by atoms with Crippen LogP contribution in [0.25, 0.3) is 0 Å². The summed E-state index contributed by atoms with van der Waals surface area (Å²) in [6.07, 6.45) is 1.22. The Kier molecular flexibility index (Phi) is 2.42. The van der Waals surface area contributed by atoms with Gasteiger partial charge in [-0.3, -0.25) is 0 Å². The number of rotatable bonds is 2. The van der Waals surface area contributed by atoms with Crippen molar-refractivity contribution in [2.75, 3.05) is 18.0 Å². The molecule has 1 saturated heterocycles. The fourth-order valence-electron chi connectivity index (χ4n) is 1.74. The zero-order valence-electron chi connectivity index (χ0n) is 8.33. The molecule has 3 heteroatoms. The molecule has 1 aromatic carbocycles. The Morgan fingerprint density at radius 2 is 2.14 bits per heavy atom. The van der Waals surface area contributed by atoms with Crippen molar-refractivity contribution in [3.8, 4) is 0 Å². The highest BCUT2D eigenvalue weighted by molar-refractivity contribution is 5.56. The highest BCUT2D eigenvalue weighted by Gasteiger charge is 2.19. The molecule has 0 aliphatic carbocycles. The lowest BCUT2D eigenvalue weighted by Crippen LogP contribution is -2.38. The Morgan fingerprint density at radius 1 is 1.43 bits per heavy atom. The summed E-state index contributed by atoms with van der Waals surface area (Å²) in [5, 5.41) is 0. The first-order valence-electron chi connectivity index (χ1n) is 4.98. The molecule has 0 saturated carbocycles. The fourth-order valence-corrected chi connectivity index (χ4v) is 1.74. The molecule has 0 unspecified atom stereocenters. The molecule has 0 bridgehead atoms. The molecule has 0 spiro atoms. The Balaban J connectivity index is 2.36. The molecule has 1 atom stereocenters. The topological polar surface area (TPSA) is 29.3 Å². The van der Waals surface area contributed by atoms with Crippen molar-refractivity contribution < 1.29 is 4.39 Å². The van der Waals surface area contributed by atoms with E-state index in [-0.39, 0.29) is 11.9 Å². The van der Waals surface area contributed by atoms with E-state index >= 15 is 0 Å². The second-order valence-corrected chi connectivity index (χ2v) is 3.83. The van der Waals surface area contributed by atoms with E-state index in [4.69, 9.17) is 5.73 Å². The Morgan fingerprint density at radius 3 is 2.64 bits per heavy atom. The molecule has 76 valence electrons. The summed E-state index contributed by atoms with van der Waals surface area (Å²) in [6, 6.07) is 4.76. The highest BCUT2D eigenvalue weighted by atomic mass is 19.1. The van der Waals surface area contributed by atoms with Crippen LogP contribution >= 0.6 is 0 Å². The zero-order valence-corrected chi connectivity index (χ0v) is 8.33. The molecular formula is C11H15FN2. The van der Waals surface area contributed by atoms with Gasteiger partial charge < -0.3 is 10.6 Å². The molecule has 2 nitrogen and oxygen atoms in total. The zero-order chi connectivity index (χ0) is 10.1. The lowest BCUT2D eigenvalue weighted by Gasteiger charge is -2.35. The lowest BCUT2D eigenvalue weighted by molar-refractivity contribution is 0.600. The molecule has 2 N–H and O–H groups in total. The van der Waals surface area contributed by atoms with Crippen molar-refractivity contribution in [3.05, 3.63) is 29.6 Å². The first kappa shape index (κ1) is 9.46. The Hall–Kier alpha value is -1.09. The number of hydrogen-bond acceptors (Lipinski definition) is 2. The molecule has 2 rings (SSSR count). The van der Waals surface area contributed by atoms with Crippen LogP contribution in [0, 0.1) is 5.82 Å². The fraction of sp³-hybridized carbons (Fsp3) is 0.455. The molecule has 14 heavy (non-hydrogen) atoms. The van der Waals surface area contributed by atoms with Crippen molar-refractivity contribution in [2.24, 2.45) is 5.73 Å². The Labute approximate surface area is 83.5 Å². The number of nitrogens with two attached hydrogens (primary N) is 1. The van der Waals surface area contributed by atoms with E-state index in [0.29, 0.717) is 0 Å². The second-order valence-electron chi connectivity index (χ2n) is 3.83. The quantitative estimate of drug-likeness (QED) is 0.780. The summed E-state index contributed by atoms with van der Waals surface area (Å²) in [7, 11) is 0. The van der Waals surface area contributed by atoms with Gasteiger partial charge in [-0.25, -0.2) is 4.39 Å². The van der Waals surface area contributed by atoms with Crippen LogP contribution in [0.4, 0.5) is 10.1 Å². The maximum absolute atomic E-state index is 13.0. The summed E-state index contributed by atoms with van der Waals surface area (Å²) in [6.45, 7) is 4.01. The van der Waals surface area contributed by atoms with Crippen molar-refractivity contribution in [1.82, 2.24) is 0 Å². The van der Waals surface area contributed by atoms with E-state index in [2.05, 4.69) is 4.90 Å². The summed E-state index contributed by atoms with van der Waals surface area (Å²) in [5.74, 6) is -0.207. The van der Waals surface area contributed by atoms with Gasteiger partial charge in [-0.05, 0) is 37.1 Å². The van der Waals surface area contributed by atoms with E-state index in [1.165, 1.54) is 12.5 Å². The average molecular weight is 194 g/mol. The van der Waals surface area contributed by atoms with Crippen molar-refractivity contribution in [2.45, 2.75) is 19.4 Å². The van der Waals surface area contributed by atoms with Gasteiger partial charge in [0.2, 0.25) is 0 Å². The first-order valence-corrected chi connectivity index (χ1v) is 4.98. The van der Waals surface area contributed by atoms with Crippen LogP contribution in [0.3, 0.4) is 0 Å². The normalized spacial score (nSPS) is 17.8. The lowest BCUT2D eigenvalue weighted by atomic mass is 10.0. The second kappa shape index (κ2) is 3.58. The van der Waals surface area contributed by atoms with Crippen LogP contribution in [-0.4, -0.2) is 13.1 Å². The minimum Gasteiger partial charge on any atom is -0.371 e. The SMILES string of the molecule is C[C@@H](N)c1cc(F)ccc1N1CCC1. The maximum Gasteiger partial charge on any atom is 0.123 e. The van der Waals surface area contributed by atoms with Gasteiger partial charge in [0.25, 0.3) is 0 Å². The van der Waals surface area contributed by atoms with Crippen LogP contribution in [-0.2, 0) is 0 Å². The minimum atomic E-state index is -0.207. The van der Waals surface area contributed by atoms with Gasteiger partial charge in [0.15, 0.2) is 0 Å². The smallest absolute Gasteiger partial charge is 0.123 e. The van der Waals surface area contributed by atoms with Crippen LogP contribution in [0.5, 0.6) is 0 Å². The molecule has 1 aliphatic heterocycles. The van der Waals surface area contributed by atoms with Crippen LogP contribution in [0.2, 0.25) is 0 Å². The molecule has 0 amide bonds. The molecule has 1 aromatic rings. The van der Waals surface area contributed by atoms with E-state index in [1.54, 1.807) is 6.07 Å². The van der Waals surface area contributed by atoms with Gasteiger partial charge in [-0.2, -0.15) is 0 Å². The van der Waals surface area contributed by atoms with Gasteiger partial charge in [-0.1, -0.05) is 0 Å². The summed E-state index contributed by atoms with van der Waals surface area (Å²) in [4.78, 5) is 2.23. The van der Waals surface area contributed by atoms with Crippen molar-refractivity contribution in [3.63, 3.8) is 0 Å². The standard InChI is InChI=1S/C11H15FN2/c1-8(13)10-7-9(12)3-4-11(10)14-5-2-6-14/h3-4,7-8H,2,5-6,13H2,1H3/t8-/m1/s1. The van der Waals surface area contributed by atoms with Crippen molar-refractivity contribution in [1.29, 1.82) is 0 Å². The molecule has 1 aliphatic rings. The highest BCUT2D eigenvalue weighted by Crippen LogP contribution is 2.29. The molecule has 0 radical (unpaired) electrons. The number of benzene rings is 1. The Bertz CT molecular complexity index is 332. The van der Waals surface area contributed by atoms with Crippen LogP contribution in [0.15, 0.2) is 18.2 Å². The van der Waals surface area contributed by atoms with Crippen molar-refractivity contribution >= 4 is 5.69 Å². The van der Waals surface area contributed by atoms with Crippen LogP contribution in [0.1, 0.15) is 24.9 Å². The largest absolute Gasteiger partial charge is 0.371 e. The summed E-state index contributed by atoms with van der Waals surface area (Å²) < 4.78 is 13.0. The summed E-state index contributed by atoms with van der Waals surface area (Å²) in [5.41, 5.74) is 7.80. The van der Waals surface area contributed by atoms with Crippen LogP contribution < -0.4 is 10.6 Å². The predicted octanol–water partition coefficient (Wildman–Crippen LogP) is 2.06. The third-order valence-corrected chi connectivity index (χ3v) is 2.68. The number of hydrogen-bond donors (Lipinski definition) is 1. The van der Waals surface area contributed by atoms with Gasteiger partial charge in [0, 0.05) is 24.8 Å².